The van der Waals surface area contributed by atoms with E-state index in [1.54, 1.807) is 0 Å². The highest BCUT2D eigenvalue weighted by Gasteiger charge is 2.28. The van der Waals surface area contributed by atoms with E-state index in [9.17, 15) is 12.8 Å². The van der Waals surface area contributed by atoms with Gasteiger partial charge in [-0.05, 0) is 12.1 Å². The van der Waals surface area contributed by atoms with Gasteiger partial charge < -0.3 is 10.8 Å². The van der Waals surface area contributed by atoms with Crippen molar-refractivity contribution >= 4 is 15.7 Å². The van der Waals surface area contributed by atoms with Crippen LogP contribution in [-0.2, 0) is 10.0 Å². The van der Waals surface area contributed by atoms with Gasteiger partial charge in [-0.25, -0.2) is 12.8 Å². The normalized spacial score (nSPS) is 11.7. The average Bonchev–Trinajstić information content (AvgIpc) is 2.28. The number of halogens is 1. The van der Waals surface area contributed by atoms with Gasteiger partial charge in [-0.2, -0.15) is 4.31 Å². The summed E-state index contributed by atoms with van der Waals surface area (Å²) < 4.78 is 38.9. The second-order valence-electron chi connectivity index (χ2n) is 3.53. The zero-order valence-electron chi connectivity index (χ0n) is 9.71. The van der Waals surface area contributed by atoms with Crippen molar-refractivity contribution in [2.75, 3.05) is 25.4 Å². The zero-order chi connectivity index (χ0) is 13.8. The molecule has 0 atom stereocenters. The van der Waals surface area contributed by atoms with Crippen molar-refractivity contribution in [1.82, 2.24) is 4.31 Å². The Morgan fingerprint density at radius 3 is 2.67 bits per heavy atom. The van der Waals surface area contributed by atoms with Crippen LogP contribution in [-0.4, -0.2) is 37.5 Å². The number of benzene rings is 1. The average molecular weight is 274 g/mol. The van der Waals surface area contributed by atoms with E-state index in [2.05, 4.69) is 6.58 Å². The van der Waals surface area contributed by atoms with Crippen LogP contribution in [0.25, 0.3) is 0 Å². The van der Waals surface area contributed by atoms with Gasteiger partial charge >= 0.3 is 0 Å². The lowest BCUT2D eigenvalue weighted by molar-refractivity contribution is 0.260. The molecule has 0 spiro atoms. The van der Waals surface area contributed by atoms with Gasteiger partial charge in [-0.15, -0.1) is 6.58 Å². The Balaban J connectivity index is 3.30. The molecule has 0 aliphatic carbocycles. The molecule has 1 aromatic carbocycles. The van der Waals surface area contributed by atoms with E-state index >= 15 is 0 Å². The molecule has 0 heterocycles. The fourth-order valence-corrected chi connectivity index (χ4v) is 3.05. The van der Waals surface area contributed by atoms with Crippen LogP contribution in [0.1, 0.15) is 0 Å². The minimum Gasteiger partial charge on any atom is -0.398 e. The second kappa shape index (κ2) is 5.94. The number of hydrogen-bond donors (Lipinski definition) is 2. The molecule has 0 unspecified atom stereocenters. The summed E-state index contributed by atoms with van der Waals surface area (Å²) >= 11 is 0. The minimum atomic E-state index is -4.08. The van der Waals surface area contributed by atoms with E-state index in [0.717, 1.165) is 10.4 Å². The predicted molar refractivity (Wildman–Crippen MR) is 66.9 cm³/mol. The van der Waals surface area contributed by atoms with Gasteiger partial charge in [0.15, 0.2) is 0 Å². The van der Waals surface area contributed by atoms with Crippen molar-refractivity contribution in [2.45, 2.75) is 4.90 Å². The molecule has 0 radical (unpaired) electrons. The number of nitrogens with zero attached hydrogens (tertiary/aromatic N) is 1. The summed E-state index contributed by atoms with van der Waals surface area (Å²) in [5.41, 5.74) is 5.34. The Hall–Kier alpha value is -1.44. The van der Waals surface area contributed by atoms with Crippen molar-refractivity contribution in [1.29, 1.82) is 0 Å². The quantitative estimate of drug-likeness (QED) is 0.587. The van der Waals surface area contributed by atoms with Crippen LogP contribution < -0.4 is 5.73 Å². The number of nitrogens with two attached hydrogens (primary N) is 1. The van der Waals surface area contributed by atoms with Gasteiger partial charge in [-0.1, -0.05) is 12.1 Å². The molecule has 1 rings (SSSR count). The molecule has 1 aromatic rings. The lowest BCUT2D eigenvalue weighted by atomic mass is 10.3. The minimum absolute atomic E-state index is 0.0311. The molecule has 3 N–H and O–H groups in total. The Labute approximate surface area is 105 Å². The maximum Gasteiger partial charge on any atom is 0.248 e. The molecule has 100 valence electrons. The first-order valence-electron chi connectivity index (χ1n) is 5.21. The number of nitrogen functional groups attached to an aromatic ring is 1. The van der Waals surface area contributed by atoms with Crippen LogP contribution in [0.2, 0.25) is 0 Å². The van der Waals surface area contributed by atoms with Crippen molar-refractivity contribution in [2.24, 2.45) is 0 Å². The van der Waals surface area contributed by atoms with Gasteiger partial charge in [0.25, 0.3) is 0 Å². The second-order valence-corrected chi connectivity index (χ2v) is 5.41. The summed E-state index contributed by atoms with van der Waals surface area (Å²) in [5, 5.41) is 8.85. The zero-order valence-corrected chi connectivity index (χ0v) is 10.5. The van der Waals surface area contributed by atoms with Gasteiger partial charge in [0.1, 0.15) is 10.7 Å². The molecule has 0 aromatic heterocycles. The molecule has 18 heavy (non-hydrogen) atoms. The molecular formula is C11H15FN2O3S. The molecule has 0 bridgehead atoms. The Kier molecular flexibility index (Phi) is 4.83. The van der Waals surface area contributed by atoms with E-state index in [-0.39, 0.29) is 25.4 Å². The standard InChI is InChI=1S/C11H15FN2O3S/c1-2-6-14(7-8-15)18(16,17)11-9(12)4-3-5-10(11)13/h2-5,15H,1,6-8,13H2. The van der Waals surface area contributed by atoms with E-state index in [1.165, 1.54) is 18.2 Å². The highest BCUT2D eigenvalue weighted by Crippen LogP contribution is 2.25. The summed E-state index contributed by atoms with van der Waals surface area (Å²) in [4.78, 5) is -0.569. The van der Waals surface area contributed by atoms with Crippen molar-refractivity contribution in [3.05, 3.63) is 36.7 Å². The molecule has 0 aliphatic heterocycles. The number of sulfonamides is 1. The molecule has 5 nitrogen and oxygen atoms in total. The first-order valence-corrected chi connectivity index (χ1v) is 6.65. The van der Waals surface area contributed by atoms with Crippen LogP contribution >= 0.6 is 0 Å². The number of anilines is 1. The molecule has 0 amide bonds. The van der Waals surface area contributed by atoms with E-state index in [4.69, 9.17) is 10.8 Å². The first kappa shape index (κ1) is 14.6. The first-order chi connectivity index (χ1) is 8.45. The van der Waals surface area contributed by atoms with E-state index < -0.39 is 20.7 Å². The van der Waals surface area contributed by atoms with Crippen molar-refractivity contribution in [3.8, 4) is 0 Å². The predicted octanol–water partition coefficient (Wildman–Crippen LogP) is 0.577. The largest absolute Gasteiger partial charge is 0.398 e. The van der Waals surface area contributed by atoms with Crippen LogP contribution in [0, 0.1) is 5.82 Å². The smallest absolute Gasteiger partial charge is 0.248 e. The summed E-state index contributed by atoms with van der Waals surface area (Å²) in [6, 6.07) is 3.66. The molecule has 7 heteroatoms. The van der Waals surface area contributed by atoms with Crippen LogP contribution in [0.4, 0.5) is 10.1 Å². The number of hydrogen-bond acceptors (Lipinski definition) is 4. The SMILES string of the molecule is C=CCN(CCO)S(=O)(=O)c1c(N)cccc1F. The fourth-order valence-electron chi connectivity index (χ4n) is 1.49. The maximum absolute atomic E-state index is 13.6. The van der Waals surface area contributed by atoms with Gasteiger partial charge in [0.2, 0.25) is 10.0 Å². The third kappa shape index (κ3) is 2.87. The van der Waals surface area contributed by atoms with E-state index in [0.29, 0.717) is 0 Å². The Morgan fingerprint density at radius 2 is 2.17 bits per heavy atom. The topological polar surface area (TPSA) is 83.6 Å². The number of aliphatic hydroxyl groups excluding tert-OH is 1. The Morgan fingerprint density at radius 1 is 1.50 bits per heavy atom. The number of rotatable bonds is 6. The summed E-state index contributed by atoms with van der Waals surface area (Å²) in [6.45, 7) is 2.87. The van der Waals surface area contributed by atoms with Crippen molar-refractivity contribution < 1.29 is 17.9 Å². The van der Waals surface area contributed by atoms with Gasteiger partial charge in [0, 0.05) is 13.1 Å². The molecular weight excluding hydrogens is 259 g/mol. The lowest BCUT2D eigenvalue weighted by Gasteiger charge is -2.20. The highest BCUT2D eigenvalue weighted by molar-refractivity contribution is 7.89. The molecule has 0 saturated carbocycles. The third-order valence-electron chi connectivity index (χ3n) is 2.28. The van der Waals surface area contributed by atoms with Crippen molar-refractivity contribution in [3.63, 3.8) is 0 Å². The maximum atomic E-state index is 13.6. The molecule has 0 saturated heterocycles. The van der Waals surface area contributed by atoms with Gasteiger partial charge in [-0.3, -0.25) is 0 Å². The van der Waals surface area contributed by atoms with Crippen LogP contribution in [0.3, 0.4) is 0 Å². The Bertz CT molecular complexity index is 511. The highest BCUT2D eigenvalue weighted by atomic mass is 32.2. The summed E-state index contributed by atoms with van der Waals surface area (Å²) in [5.74, 6) is -0.915. The molecule has 0 aliphatic rings. The summed E-state index contributed by atoms with van der Waals surface area (Å²) in [6.07, 6.45) is 1.35. The fraction of sp³-hybridized carbons (Fsp3) is 0.273. The summed E-state index contributed by atoms with van der Waals surface area (Å²) in [7, 11) is -4.08. The molecule has 0 fully saturated rings. The van der Waals surface area contributed by atoms with Gasteiger partial charge in [0.05, 0.1) is 12.3 Å². The lowest BCUT2D eigenvalue weighted by Crippen LogP contribution is -2.34. The van der Waals surface area contributed by atoms with Crippen LogP contribution in [0.5, 0.6) is 0 Å². The van der Waals surface area contributed by atoms with Crippen LogP contribution in [0.15, 0.2) is 35.7 Å². The third-order valence-corrected chi connectivity index (χ3v) is 4.24. The number of aliphatic hydroxyl groups is 1. The monoisotopic (exact) mass is 274 g/mol. The van der Waals surface area contributed by atoms with E-state index in [1.807, 2.05) is 0 Å².